The van der Waals surface area contributed by atoms with Crippen LogP contribution in [0.1, 0.15) is 21.3 Å². The molecule has 0 saturated carbocycles. The van der Waals surface area contributed by atoms with Crippen LogP contribution in [0, 0.1) is 0 Å². The van der Waals surface area contributed by atoms with E-state index in [2.05, 4.69) is 20.6 Å². The molecule has 0 aliphatic rings. The maximum atomic E-state index is 12.8. The Morgan fingerprint density at radius 1 is 1.10 bits per heavy atom. The molecule has 2 amide bonds. The van der Waals surface area contributed by atoms with Crippen molar-refractivity contribution in [3.8, 4) is 0 Å². The first kappa shape index (κ1) is 21.8. The van der Waals surface area contributed by atoms with Gasteiger partial charge in [0.25, 0.3) is 5.91 Å². The summed E-state index contributed by atoms with van der Waals surface area (Å²) < 4.78 is 4.90. The summed E-state index contributed by atoms with van der Waals surface area (Å²) in [6.07, 6.45) is 4.87. The van der Waals surface area contributed by atoms with Gasteiger partial charge in [-0.15, -0.1) is 0 Å². The monoisotopic (exact) mass is 442 g/mol. The van der Waals surface area contributed by atoms with Crippen molar-refractivity contribution in [3.05, 3.63) is 83.3 Å². The predicted molar refractivity (Wildman–Crippen MR) is 116 cm³/mol. The molecule has 9 heteroatoms. The third-order valence-electron chi connectivity index (χ3n) is 3.92. The molecule has 1 unspecified atom stereocenters. The number of halogens is 1. The summed E-state index contributed by atoms with van der Waals surface area (Å²) in [5, 5.41) is 6.30. The molecule has 3 rings (SSSR count). The molecule has 0 spiro atoms. The molecule has 0 aliphatic carbocycles. The number of thioether (sulfide) groups is 1. The number of rotatable bonds is 8. The Balaban J connectivity index is 1.83. The van der Waals surface area contributed by atoms with Crippen LogP contribution in [-0.2, 0) is 9.53 Å². The van der Waals surface area contributed by atoms with Crippen molar-refractivity contribution in [2.75, 3.05) is 19.0 Å². The third-order valence-corrected chi connectivity index (χ3v) is 5.35. The van der Waals surface area contributed by atoms with Crippen LogP contribution in [-0.4, -0.2) is 35.5 Å². The van der Waals surface area contributed by atoms with Crippen molar-refractivity contribution in [3.63, 3.8) is 0 Å². The van der Waals surface area contributed by atoms with Gasteiger partial charge in [0, 0.05) is 36.4 Å². The minimum absolute atomic E-state index is 0.0751. The quantitative estimate of drug-likeness (QED) is 0.405. The number of ether oxygens (including phenoxy) is 1. The summed E-state index contributed by atoms with van der Waals surface area (Å²) in [6.45, 7) is -0.0751. The normalized spacial score (nSPS) is 11.5. The van der Waals surface area contributed by atoms with E-state index in [9.17, 15) is 9.59 Å². The van der Waals surface area contributed by atoms with E-state index < -0.39 is 5.37 Å². The number of amides is 2. The van der Waals surface area contributed by atoms with E-state index in [0.717, 1.165) is 5.56 Å². The summed E-state index contributed by atoms with van der Waals surface area (Å²) in [6, 6.07) is 13.8. The molecule has 1 atom stereocenters. The number of anilines is 1. The molecule has 3 aromatic rings. The second kappa shape index (κ2) is 10.7. The zero-order valence-corrected chi connectivity index (χ0v) is 17.6. The first-order valence-electron chi connectivity index (χ1n) is 8.93. The second-order valence-corrected chi connectivity index (χ2v) is 7.63. The van der Waals surface area contributed by atoms with Crippen LogP contribution in [0.4, 0.5) is 5.69 Å². The number of hydrogen-bond donors (Lipinski definition) is 2. The summed E-state index contributed by atoms with van der Waals surface area (Å²) in [5.41, 5.74) is 1.81. The SMILES string of the molecule is COCC(=O)NC(Sc1ncccc1C(=O)Nc1ccc(Cl)cc1)c1ccncc1. The van der Waals surface area contributed by atoms with Gasteiger partial charge < -0.3 is 15.4 Å². The fraction of sp³-hybridized carbons (Fsp3) is 0.143. The number of nitrogens with zero attached hydrogens (tertiary/aromatic N) is 2. The van der Waals surface area contributed by atoms with Crippen molar-refractivity contribution >= 4 is 40.9 Å². The first-order valence-corrected chi connectivity index (χ1v) is 10.2. The highest BCUT2D eigenvalue weighted by molar-refractivity contribution is 7.99. The van der Waals surface area contributed by atoms with Gasteiger partial charge in [-0.2, -0.15) is 0 Å². The Labute approximate surface area is 183 Å². The van der Waals surface area contributed by atoms with E-state index in [-0.39, 0.29) is 18.4 Å². The van der Waals surface area contributed by atoms with Crippen LogP contribution >= 0.6 is 23.4 Å². The zero-order chi connectivity index (χ0) is 21.3. The topological polar surface area (TPSA) is 93.2 Å². The number of nitrogens with one attached hydrogen (secondary N) is 2. The number of pyridine rings is 2. The van der Waals surface area contributed by atoms with Gasteiger partial charge in [0.15, 0.2) is 0 Å². The number of hydrogen-bond acceptors (Lipinski definition) is 6. The molecule has 0 radical (unpaired) electrons. The lowest BCUT2D eigenvalue weighted by atomic mass is 10.2. The van der Waals surface area contributed by atoms with Gasteiger partial charge in [-0.05, 0) is 54.1 Å². The second-order valence-electron chi connectivity index (χ2n) is 6.10. The van der Waals surface area contributed by atoms with Crippen LogP contribution in [0.15, 0.2) is 72.1 Å². The van der Waals surface area contributed by atoms with Crippen LogP contribution in [0.3, 0.4) is 0 Å². The van der Waals surface area contributed by atoms with Gasteiger partial charge >= 0.3 is 0 Å². The molecular formula is C21H19ClN4O3S. The summed E-state index contributed by atoms with van der Waals surface area (Å²) >= 11 is 7.15. The third kappa shape index (κ3) is 6.03. The number of carbonyl (C=O) groups excluding carboxylic acids is 2. The molecule has 2 heterocycles. The van der Waals surface area contributed by atoms with Crippen molar-refractivity contribution in [2.24, 2.45) is 0 Å². The highest BCUT2D eigenvalue weighted by Crippen LogP contribution is 2.34. The minimum Gasteiger partial charge on any atom is -0.375 e. The molecule has 0 bridgehead atoms. The molecule has 30 heavy (non-hydrogen) atoms. The standard InChI is InChI=1S/C21H19ClN4O3S/c1-29-13-18(27)26-20(14-8-11-23-12-9-14)30-21-17(3-2-10-24-21)19(28)25-16-6-4-15(22)5-7-16/h2-12,20H,13H2,1H3,(H,25,28)(H,26,27). The van der Waals surface area contributed by atoms with Gasteiger partial charge in [-0.25, -0.2) is 4.98 Å². The molecule has 2 aromatic heterocycles. The van der Waals surface area contributed by atoms with E-state index in [1.54, 1.807) is 67.1 Å². The van der Waals surface area contributed by atoms with E-state index in [1.807, 2.05) is 0 Å². The molecule has 0 aliphatic heterocycles. The fourth-order valence-corrected chi connectivity index (χ4v) is 3.78. The van der Waals surface area contributed by atoms with E-state index >= 15 is 0 Å². The van der Waals surface area contributed by atoms with Crippen molar-refractivity contribution in [1.82, 2.24) is 15.3 Å². The Morgan fingerprint density at radius 3 is 2.53 bits per heavy atom. The average Bonchev–Trinajstić information content (AvgIpc) is 2.76. The Hall–Kier alpha value is -2.94. The van der Waals surface area contributed by atoms with Crippen molar-refractivity contribution < 1.29 is 14.3 Å². The lowest BCUT2D eigenvalue weighted by Crippen LogP contribution is -2.30. The van der Waals surface area contributed by atoms with Crippen LogP contribution in [0.5, 0.6) is 0 Å². The molecule has 1 aromatic carbocycles. The molecule has 0 fully saturated rings. The maximum Gasteiger partial charge on any atom is 0.258 e. The van der Waals surface area contributed by atoms with E-state index in [4.69, 9.17) is 16.3 Å². The Kier molecular flexibility index (Phi) is 7.78. The first-order chi connectivity index (χ1) is 14.6. The van der Waals surface area contributed by atoms with Gasteiger partial charge in [-0.3, -0.25) is 14.6 Å². The smallest absolute Gasteiger partial charge is 0.258 e. The Morgan fingerprint density at radius 2 is 1.83 bits per heavy atom. The molecule has 0 saturated heterocycles. The minimum atomic E-state index is -0.479. The molecule has 154 valence electrons. The van der Waals surface area contributed by atoms with Gasteiger partial charge in [-0.1, -0.05) is 23.4 Å². The highest BCUT2D eigenvalue weighted by Gasteiger charge is 2.21. The van der Waals surface area contributed by atoms with Crippen molar-refractivity contribution in [1.29, 1.82) is 0 Å². The maximum absolute atomic E-state index is 12.8. The molecule has 2 N–H and O–H groups in total. The van der Waals surface area contributed by atoms with Crippen LogP contribution in [0.2, 0.25) is 5.02 Å². The summed E-state index contributed by atoms with van der Waals surface area (Å²) in [7, 11) is 1.45. The lowest BCUT2D eigenvalue weighted by Gasteiger charge is -2.19. The van der Waals surface area contributed by atoms with Gasteiger partial charge in [0.05, 0.1) is 5.56 Å². The van der Waals surface area contributed by atoms with Gasteiger partial charge in [0.1, 0.15) is 17.0 Å². The lowest BCUT2D eigenvalue weighted by molar-refractivity contribution is -0.124. The van der Waals surface area contributed by atoms with Crippen molar-refractivity contribution in [2.45, 2.75) is 10.4 Å². The van der Waals surface area contributed by atoms with E-state index in [1.165, 1.54) is 18.9 Å². The largest absolute Gasteiger partial charge is 0.375 e. The van der Waals surface area contributed by atoms with Gasteiger partial charge in [0.2, 0.25) is 5.91 Å². The van der Waals surface area contributed by atoms with Crippen LogP contribution < -0.4 is 10.6 Å². The highest BCUT2D eigenvalue weighted by atomic mass is 35.5. The number of aromatic nitrogens is 2. The zero-order valence-electron chi connectivity index (χ0n) is 16.0. The number of benzene rings is 1. The number of methoxy groups -OCH3 is 1. The van der Waals surface area contributed by atoms with Crippen LogP contribution in [0.25, 0.3) is 0 Å². The fourth-order valence-electron chi connectivity index (χ4n) is 2.54. The average molecular weight is 443 g/mol. The Bertz CT molecular complexity index is 1000. The molecular weight excluding hydrogens is 424 g/mol. The summed E-state index contributed by atoms with van der Waals surface area (Å²) in [5.74, 6) is -0.598. The van der Waals surface area contributed by atoms with E-state index in [0.29, 0.717) is 21.3 Å². The summed E-state index contributed by atoms with van der Waals surface area (Å²) in [4.78, 5) is 33.3. The molecule has 7 nitrogen and oxygen atoms in total. The predicted octanol–water partition coefficient (Wildman–Crippen LogP) is 3.94. The number of carbonyl (C=O) groups is 2.